The lowest BCUT2D eigenvalue weighted by atomic mass is 10.2. The molecule has 2 heterocycles. The van der Waals surface area contributed by atoms with Crippen molar-refractivity contribution in [1.29, 1.82) is 0 Å². The molecule has 0 aliphatic rings. The van der Waals surface area contributed by atoms with Gasteiger partial charge in [-0.15, -0.1) is 0 Å². The SMILES string of the molecule is O=Cc1cc(C(F)(F)F)cn2cc(C(=O)O)nc12. The van der Waals surface area contributed by atoms with E-state index in [1.807, 2.05) is 0 Å². The number of carbonyl (C=O) groups is 2. The summed E-state index contributed by atoms with van der Waals surface area (Å²) in [6, 6.07) is 0.626. The molecule has 0 atom stereocenters. The number of alkyl halides is 3. The van der Waals surface area contributed by atoms with Crippen molar-refractivity contribution in [2.45, 2.75) is 6.18 Å². The molecule has 0 aliphatic carbocycles. The molecule has 0 amide bonds. The van der Waals surface area contributed by atoms with E-state index in [9.17, 15) is 22.8 Å². The summed E-state index contributed by atoms with van der Waals surface area (Å²) in [6.07, 6.45) is -2.83. The molecule has 0 unspecified atom stereocenters. The van der Waals surface area contributed by atoms with Gasteiger partial charge in [0.15, 0.2) is 12.0 Å². The Morgan fingerprint density at radius 1 is 1.39 bits per heavy atom. The van der Waals surface area contributed by atoms with E-state index in [4.69, 9.17) is 5.11 Å². The molecule has 0 radical (unpaired) electrons. The zero-order valence-electron chi connectivity index (χ0n) is 8.60. The van der Waals surface area contributed by atoms with Crippen molar-refractivity contribution in [2.24, 2.45) is 0 Å². The molecule has 8 heteroatoms. The summed E-state index contributed by atoms with van der Waals surface area (Å²) in [7, 11) is 0. The number of pyridine rings is 1. The van der Waals surface area contributed by atoms with Crippen LogP contribution in [0.15, 0.2) is 18.5 Å². The largest absolute Gasteiger partial charge is 0.476 e. The molecule has 2 aromatic heterocycles. The quantitative estimate of drug-likeness (QED) is 0.834. The fourth-order valence-corrected chi connectivity index (χ4v) is 1.47. The lowest BCUT2D eigenvalue weighted by Gasteiger charge is -2.07. The van der Waals surface area contributed by atoms with Gasteiger partial charge < -0.3 is 9.51 Å². The molecule has 2 rings (SSSR count). The van der Waals surface area contributed by atoms with Crippen molar-refractivity contribution in [3.05, 3.63) is 35.3 Å². The summed E-state index contributed by atoms with van der Waals surface area (Å²) in [5.41, 5.74) is -1.93. The topological polar surface area (TPSA) is 71.7 Å². The molecule has 0 spiro atoms. The Labute approximate surface area is 97.5 Å². The van der Waals surface area contributed by atoms with Crippen molar-refractivity contribution < 1.29 is 27.9 Å². The van der Waals surface area contributed by atoms with Gasteiger partial charge >= 0.3 is 12.1 Å². The second kappa shape index (κ2) is 3.83. The van der Waals surface area contributed by atoms with Gasteiger partial charge in [0, 0.05) is 12.4 Å². The van der Waals surface area contributed by atoms with E-state index < -0.39 is 23.4 Å². The zero-order chi connectivity index (χ0) is 13.5. The standard InChI is InChI=1S/C10H5F3N2O3/c11-10(12,13)6-1-5(4-16)8-14-7(9(17)18)3-15(8)2-6/h1-4H,(H,17,18). The number of aromatic carboxylic acids is 1. The average molecular weight is 258 g/mol. The minimum Gasteiger partial charge on any atom is -0.476 e. The molecule has 18 heavy (non-hydrogen) atoms. The van der Waals surface area contributed by atoms with E-state index >= 15 is 0 Å². The van der Waals surface area contributed by atoms with Gasteiger partial charge in [-0.1, -0.05) is 0 Å². The lowest BCUT2D eigenvalue weighted by molar-refractivity contribution is -0.137. The van der Waals surface area contributed by atoms with E-state index in [0.717, 1.165) is 10.6 Å². The van der Waals surface area contributed by atoms with Crippen LogP contribution in [0.1, 0.15) is 26.4 Å². The van der Waals surface area contributed by atoms with Crippen LogP contribution in [0.3, 0.4) is 0 Å². The minimum atomic E-state index is -4.63. The summed E-state index contributed by atoms with van der Waals surface area (Å²) >= 11 is 0. The molecule has 5 nitrogen and oxygen atoms in total. The van der Waals surface area contributed by atoms with E-state index in [0.29, 0.717) is 12.3 Å². The Kier molecular flexibility index (Phi) is 2.57. The van der Waals surface area contributed by atoms with Crippen molar-refractivity contribution >= 4 is 17.9 Å². The van der Waals surface area contributed by atoms with Crippen molar-refractivity contribution in [2.75, 3.05) is 0 Å². The van der Waals surface area contributed by atoms with Crippen LogP contribution in [0, 0.1) is 0 Å². The fourth-order valence-electron chi connectivity index (χ4n) is 1.47. The first-order chi connectivity index (χ1) is 8.32. The number of carboxylic acids is 1. The van der Waals surface area contributed by atoms with Gasteiger partial charge in [0.1, 0.15) is 5.65 Å². The molecular weight excluding hydrogens is 253 g/mol. The number of hydrogen-bond donors (Lipinski definition) is 1. The van der Waals surface area contributed by atoms with E-state index in [-0.39, 0.29) is 17.5 Å². The highest BCUT2D eigenvalue weighted by atomic mass is 19.4. The van der Waals surface area contributed by atoms with Crippen molar-refractivity contribution in [3.8, 4) is 0 Å². The lowest BCUT2D eigenvalue weighted by Crippen LogP contribution is -2.07. The average Bonchev–Trinajstić information content (AvgIpc) is 2.70. The molecule has 94 valence electrons. The number of fused-ring (bicyclic) bond motifs is 1. The maximum Gasteiger partial charge on any atom is 0.417 e. The Bertz CT molecular complexity index is 646. The van der Waals surface area contributed by atoms with E-state index in [2.05, 4.69) is 4.98 Å². The van der Waals surface area contributed by atoms with E-state index in [1.54, 1.807) is 0 Å². The first-order valence-electron chi connectivity index (χ1n) is 4.61. The Hall–Kier alpha value is -2.38. The minimum absolute atomic E-state index is 0.129. The number of imidazole rings is 1. The van der Waals surface area contributed by atoms with Crippen LogP contribution < -0.4 is 0 Å². The molecule has 0 saturated carbocycles. The summed E-state index contributed by atoms with van der Waals surface area (Å²) in [5, 5.41) is 8.69. The Morgan fingerprint density at radius 3 is 2.56 bits per heavy atom. The normalized spacial score (nSPS) is 11.7. The Balaban J connectivity index is 2.76. The number of hydrogen-bond acceptors (Lipinski definition) is 3. The molecule has 0 bridgehead atoms. The Morgan fingerprint density at radius 2 is 2.06 bits per heavy atom. The van der Waals surface area contributed by atoms with Gasteiger partial charge in [-0.25, -0.2) is 9.78 Å². The van der Waals surface area contributed by atoms with Gasteiger partial charge in [0.2, 0.25) is 0 Å². The van der Waals surface area contributed by atoms with E-state index in [1.165, 1.54) is 0 Å². The van der Waals surface area contributed by atoms with Crippen LogP contribution in [0.4, 0.5) is 13.2 Å². The summed E-state index contributed by atoms with van der Waals surface area (Å²) < 4.78 is 38.5. The molecule has 0 saturated heterocycles. The molecule has 0 fully saturated rings. The van der Waals surface area contributed by atoms with Gasteiger partial charge in [-0.3, -0.25) is 4.79 Å². The van der Waals surface area contributed by atoms with Gasteiger partial charge in [-0.05, 0) is 6.07 Å². The maximum absolute atomic E-state index is 12.5. The van der Waals surface area contributed by atoms with Crippen LogP contribution in [0.25, 0.3) is 5.65 Å². The number of carbonyl (C=O) groups excluding carboxylic acids is 1. The van der Waals surface area contributed by atoms with Gasteiger partial charge in [0.05, 0.1) is 11.1 Å². The number of carboxylic acid groups (broad SMARTS) is 1. The van der Waals surface area contributed by atoms with Gasteiger partial charge in [-0.2, -0.15) is 13.2 Å². The number of halogens is 3. The molecule has 1 N–H and O–H groups in total. The van der Waals surface area contributed by atoms with Crippen molar-refractivity contribution in [1.82, 2.24) is 9.38 Å². The predicted octanol–water partition coefficient (Wildman–Crippen LogP) is 1.86. The predicted molar refractivity (Wildman–Crippen MR) is 52.5 cm³/mol. The first-order valence-corrected chi connectivity index (χ1v) is 4.61. The summed E-state index contributed by atoms with van der Waals surface area (Å²) in [5.74, 6) is -1.39. The molecule has 0 aromatic carbocycles. The number of aromatic nitrogens is 2. The van der Waals surface area contributed by atoms with Crippen LogP contribution in [-0.4, -0.2) is 26.7 Å². The third kappa shape index (κ3) is 1.92. The molecular formula is C10H5F3N2O3. The second-order valence-electron chi connectivity index (χ2n) is 3.46. The third-order valence-corrected chi connectivity index (χ3v) is 2.25. The van der Waals surface area contributed by atoms with Crippen LogP contribution in [-0.2, 0) is 6.18 Å². The fraction of sp³-hybridized carbons (Fsp3) is 0.100. The van der Waals surface area contributed by atoms with Crippen molar-refractivity contribution in [3.63, 3.8) is 0 Å². The highest BCUT2D eigenvalue weighted by molar-refractivity contribution is 5.89. The number of nitrogens with zero attached hydrogens (tertiary/aromatic N) is 2. The van der Waals surface area contributed by atoms with Crippen LogP contribution in [0.5, 0.6) is 0 Å². The first kappa shape index (κ1) is 12.1. The van der Waals surface area contributed by atoms with Crippen LogP contribution >= 0.6 is 0 Å². The molecule has 0 aliphatic heterocycles. The monoisotopic (exact) mass is 258 g/mol. The van der Waals surface area contributed by atoms with Gasteiger partial charge in [0.25, 0.3) is 0 Å². The highest BCUT2D eigenvalue weighted by Crippen LogP contribution is 2.30. The number of aldehydes is 1. The second-order valence-corrected chi connectivity index (χ2v) is 3.46. The third-order valence-electron chi connectivity index (χ3n) is 2.25. The summed E-state index contributed by atoms with van der Waals surface area (Å²) in [6.45, 7) is 0. The number of rotatable bonds is 2. The smallest absolute Gasteiger partial charge is 0.417 e. The highest BCUT2D eigenvalue weighted by Gasteiger charge is 2.32. The van der Waals surface area contributed by atoms with Crippen LogP contribution in [0.2, 0.25) is 0 Å². The maximum atomic E-state index is 12.5. The zero-order valence-corrected chi connectivity index (χ0v) is 8.60. The summed E-state index contributed by atoms with van der Waals surface area (Å²) in [4.78, 5) is 24.9. The molecule has 2 aromatic rings.